The molecule has 0 fully saturated rings. The zero-order chi connectivity index (χ0) is 7.98. The summed E-state index contributed by atoms with van der Waals surface area (Å²) in [5, 5.41) is 0. The number of nitrogens with two attached hydrogens (primary N) is 1. The van der Waals surface area contributed by atoms with E-state index in [-0.39, 0.29) is 12.0 Å². The van der Waals surface area contributed by atoms with Gasteiger partial charge in [0.05, 0.1) is 12.5 Å². The lowest BCUT2D eigenvalue weighted by atomic mass is 10.2. The highest BCUT2D eigenvalue weighted by Gasteiger charge is 2.07. The molecule has 0 rings (SSSR count). The van der Waals surface area contributed by atoms with Crippen molar-refractivity contribution in [3.8, 4) is 0 Å². The van der Waals surface area contributed by atoms with E-state index in [2.05, 4.69) is 0 Å². The molecule has 0 aliphatic heterocycles. The number of primary amides is 1. The van der Waals surface area contributed by atoms with Gasteiger partial charge in [-0.1, -0.05) is 6.92 Å². The summed E-state index contributed by atoms with van der Waals surface area (Å²) in [6.07, 6.45) is 1.20. The third-order valence-electron chi connectivity index (χ3n) is 1.29. The van der Waals surface area contributed by atoms with Crippen molar-refractivity contribution in [2.75, 3.05) is 6.61 Å². The van der Waals surface area contributed by atoms with Crippen LogP contribution >= 0.6 is 0 Å². The van der Waals surface area contributed by atoms with Crippen LogP contribution in [0.25, 0.3) is 0 Å². The van der Waals surface area contributed by atoms with Gasteiger partial charge in [0.15, 0.2) is 0 Å². The van der Waals surface area contributed by atoms with Gasteiger partial charge in [0.1, 0.15) is 0 Å². The second-order valence-corrected chi connectivity index (χ2v) is 2.16. The Kier molecular flexibility index (Phi) is 4.94. The number of hydrogen-bond acceptors (Lipinski definition) is 2. The molecule has 0 aromatic carbocycles. The Bertz CT molecular complexity index is 104. The quantitative estimate of drug-likeness (QED) is 0.618. The zero-order valence-corrected chi connectivity index (χ0v) is 6.59. The van der Waals surface area contributed by atoms with E-state index >= 15 is 0 Å². The van der Waals surface area contributed by atoms with Gasteiger partial charge in [-0.3, -0.25) is 4.79 Å². The van der Waals surface area contributed by atoms with Crippen LogP contribution in [0.4, 0.5) is 0 Å². The maximum absolute atomic E-state index is 10.4. The van der Waals surface area contributed by atoms with Gasteiger partial charge in [-0.2, -0.15) is 0 Å². The van der Waals surface area contributed by atoms with Crippen LogP contribution in [0.5, 0.6) is 0 Å². The fourth-order valence-electron chi connectivity index (χ4n) is 0.781. The first-order valence-corrected chi connectivity index (χ1v) is 3.60. The molecule has 1 amide bonds. The molecule has 1 unspecified atom stereocenters. The Hall–Kier alpha value is -0.570. The number of hydrogen-bond donors (Lipinski definition) is 1. The van der Waals surface area contributed by atoms with Crippen LogP contribution in [0.15, 0.2) is 0 Å². The lowest BCUT2D eigenvalue weighted by Gasteiger charge is -2.11. The summed E-state index contributed by atoms with van der Waals surface area (Å²) in [5.41, 5.74) is 4.98. The van der Waals surface area contributed by atoms with Gasteiger partial charge in [-0.15, -0.1) is 0 Å². The Morgan fingerprint density at radius 3 is 2.50 bits per heavy atom. The van der Waals surface area contributed by atoms with Crippen LogP contribution < -0.4 is 5.73 Å². The maximum Gasteiger partial charge on any atom is 0.220 e. The van der Waals surface area contributed by atoms with E-state index in [0.717, 1.165) is 6.42 Å². The molecule has 10 heavy (non-hydrogen) atoms. The molecule has 60 valence electrons. The van der Waals surface area contributed by atoms with Crippen LogP contribution in [0.2, 0.25) is 0 Å². The molecule has 0 saturated carbocycles. The fourth-order valence-corrected chi connectivity index (χ4v) is 0.781. The molecule has 0 heterocycles. The van der Waals surface area contributed by atoms with Gasteiger partial charge in [0.2, 0.25) is 5.91 Å². The summed E-state index contributed by atoms with van der Waals surface area (Å²) >= 11 is 0. The number of carbonyl (C=O) groups is 1. The topological polar surface area (TPSA) is 52.3 Å². The molecule has 0 saturated heterocycles. The number of carbonyl (C=O) groups excluding carboxylic acids is 1. The molecule has 2 N–H and O–H groups in total. The lowest BCUT2D eigenvalue weighted by molar-refractivity contribution is -0.120. The standard InChI is InChI=1S/C7H15NO2/c1-3-6(10-4-2)5-7(8)9/h6H,3-5H2,1-2H3,(H2,8,9). The third kappa shape index (κ3) is 4.32. The summed E-state index contributed by atoms with van der Waals surface area (Å²) in [5.74, 6) is -0.291. The first kappa shape index (κ1) is 9.43. The molecule has 0 aromatic rings. The molecular weight excluding hydrogens is 130 g/mol. The highest BCUT2D eigenvalue weighted by atomic mass is 16.5. The summed E-state index contributed by atoms with van der Waals surface area (Å²) in [6.45, 7) is 4.53. The lowest BCUT2D eigenvalue weighted by Crippen LogP contribution is -2.21. The third-order valence-corrected chi connectivity index (χ3v) is 1.29. The van der Waals surface area contributed by atoms with Crippen molar-refractivity contribution in [2.24, 2.45) is 5.73 Å². The molecule has 0 aliphatic carbocycles. The second kappa shape index (κ2) is 5.23. The van der Waals surface area contributed by atoms with Gasteiger partial charge in [-0.05, 0) is 13.3 Å². The normalized spacial score (nSPS) is 13.0. The minimum absolute atomic E-state index is 0.0162. The predicted molar refractivity (Wildman–Crippen MR) is 39.5 cm³/mol. The number of amides is 1. The van der Waals surface area contributed by atoms with Crippen molar-refractivity contribution in [2.45, 2.75) is 32.8 Å². The first-order valence-electron chi connectivity index (χ1n) is 3.60. The van der Waals surface area contributed by atoms with Crippen molar-refractivity contribution in [1.29, 1.82) is 0 Å². The SMILES string of the molecule is CCOC(CC)CC(N)=O. The first-order chi connectivity index (χ1) is 4.70. The summed E-state index contributed by atoms with van der Waals surface area (Å²) in [7, 11) is 0. The van der Waals surface area contributed by atoms with Crippen LogP contribution in [-0.2, 0) is 9.53 Å². The summed E-state index contributed by atoms with van der Waals surface area (Å²) < 4.78 is 5.20. The Balaban J connectivity index is 3.49. The van der Waals surface area contributed by atoms with Crippen LogP contribution in [-0.4, -0.2) is 18.6 Å². The molecule has 0 radical (unpaired) electrons. The highest BCUT2D eigenvalue weighted by molar-refractivity contribution is 5.74. The van der Waals surface area contributed by atoms with Crippen molar-refractivity contribution in [3.05, 3.63) is 0 Å². The van der Waals surface area contributed by atoms with Crippen molar-refractivity contribution in [1.82, 2.24) is 0 Å². The summed E-state index contributed by atoms with van der Waals surface area (Å²) in [4.78, 5) is 10.4. The smallest absolute Gasteiger partial charge is 0.220 e. The van der Waals surface area contributed by atoms with Gasteiger partial charge in [0.25, 0.3) is 0 Å². The minimum Gasteiger partial charge on any atom is -0.378 e. The van der Waals surface area contributed by atoms with Gasteiger partial charge in [0, 0.05) is 6.61 Å². The molecule has 3 nitrogen and oxygen atoms in total. The van der Waals surface area contributed by atoms with E-state index in [4.69, 9.17) is 10.5 Å². The summed E-state index contributed by atoms with van der Waals surface area (Å²) in [6, 6.07) is 0. The number of rotatable bonds is 5. The van der Waals surface area contributed by atoms with Crippen LogP contribution in [0.3, 0.4) is 0 Å². The van der Waals surface area contributed by atoms with E-state index in [1.54, 1.807) is 0 Å². The van der Waals surface area contributed by atoms with E-state index in [1.807, 2.05) is 13.8 Å². The molecule has 0 aromatic heterocycles. The van der Waals surface area contributed by atoms with Crippen LogP contribution in [0.1, 0.15) is 26.7 Å². The highest BCUT2D eigenvalue weighted by Crippen LogP contribution is 2.01. The Labute approximate surface area is 61.5 Å². The molecule has 3 heteroatoms. The van der Waals surface area contributed by atoms with E-state index in [0.29, 0.717) is 13.0 Å². The van der Waals surface area contributed by atoms with Crippen molar-refractivity contribution >= 4 is 5.91 Å². The van der Waals surface area contributed by atoms with Crippen molar-refractivity contribution in [3.63, 3.8) is 0 Å². The Morgan fingerprint density at radius 2 is 2.20 bits per heavy atom. The average Bonchev–Trinajstić information content (AvgIpc) is 1.86. The molecule has 1 atom stereocenters. The molecule has 0 spiro atoms. The average molecular weight is 145 g/mol. The monoisotopic (exact) mass is 145 g/mol. The van der Waals surface area contributed by atoms with E-state index < -0.39 is 0 Å². The fraction of sp³-hybridized carbons (Fsp3) is 0.857. The molecule has 0 aliphatic rings. The second-order valence-electron chi connectivity index (χ2n) is 2.16. The molecular formula is C7H15NO2. The van der Waals surface area contributed by atoms with Crippen LogP contribution in [0, 0.1) is 0 Å². The van der Waals surface area contributed by atoms with E-state index in [9.17, 15) is 4.79 Å². The Morgan fingerprint density at radius 1 is 1.60 bits per heavy atom. The largest absolute Gasteiger partial charge is 0.378 e. The molecule has 0 bridgehead atoms. The van der Waals surface area contributed by atoms with E-state index in [1.165, 1.54) is 0 Å². The van der Waals surface area contributed by atoms with Crippen molar-refractivity contribution < 1.29 is 9.53 Å². The van der Waals surface area contributed by atoms with Gasteiger partial charge < -0.3 is 10.5 Å². The minimum atomic E-state index is -0.291. The maximum atomic E-state index is 10.4. The zero-order valence-electron chi connectivity index (χ0n) is 6.59. The number of ether oxygens (including phenoxy) is 1. The predicted octanol–water partition coefficient (Wildman–Crippen LogP) is 0.677. The van der Waals surface area contributed by atoms with Gasteiger partial charge in [-0.25, -0.2) is 0 Å². The van der Waals surface area contributed by atoms with Gasteiger partial charge >= 0.3 is 0 Å².